The van der Waals surface area contributed by atoms with E-state index in [9.17, 15) is 4.79 Å². The van der Waals surface area contributed by atoms with Crippen LogP contribution >= 0.6 is 0 Å². The predicted octanol–water partition coefficient (Wildman–Crippen LogP) is 3.13. The van der Waals surface area contributed by atoms with Gasteiger partial charge >= 0.3 is 0 Å². The summed E-state index contributed by atoms with van der Waals surface area (Å²) in [7, 11) is 1.78. The maximum atomic E-state index is 12.8. The molecule has 2 fully saturated rings. The van der Waals surface area contributed by atoms with Gasteiger partial charge in [-0.1, -0.05) is 41.6 Å². The Balaban J connectivity index is 1.12. The molecule has 8 nitrogen and oxygen atoms in total. The Morgan fingerprint density at radius 2 is 1.97 bits per heavy atom. The Labute approximate surface area is 193 Å². The molecule has 0 bridgehead atoms. The van der Waals surface area contributed by atoms with Crippen molar-refractivity contribution in [3.63, 3.8) is 0 Å². The van der Waals surface area contributed by atoms with E-state index >= 15 is 0 Å². The van der Waals surface area contributed by atoms with E-state index in [0.29, 0.717) is 30.6 Å². The molecule has 172 valence electrons. The van der Waals surface area contributed by atoms with E-state index in [-0.39, 0.29) is 18.1 Å². The Hall–Kier alpha value is -3.10. The largest absolute Gasteiger partial charge is 0.378 e. The van der Waals surface area contributed by atoms with Crippen LogP contribution in [0, 0.1) is 0 Å². The molecule has 5 rings (SSSR count). The van der Waals surface area contributed by atoms with Gasteiger partial charge in [-0.25, -0.2) is 0 Å². The van der Waals surface area contributed by atoms with Gasteiger partial charge in [-0.05, 0) is 24.5 Å². The average Bonchev–Trinajstić information content (AvgIpc) is 3.33. The number of methoxy groups -OCH3 is 1. The SMILES string of the molecule is COC1CN(C2CCN(C(=O)CCc3nc(-c4ccccc4)no3)CC2)C1c1cccnc1. The van der Waals surface area contributed by atoms with Crippen molar-refractivity contribution in [3.05, 3.63) is 66.3 Å². The minimum absolute atomic E-state index is 0.148. The van der Waals surface area contributed by atoms with Crippen LogP contribution in [0.1, 0.15) is 36.8 Å². The average molecular weight is 448 g/mol. The summed E-state index contributed by atoms with van der Waals surface area (Å²) >= 11 is 0. The third-order valence-corrected chi connectivity index (χ3v) is 6.77. The molecule has 2 aromatic heterocycles. The van der Waals surface area contributed by atoms with E-state index in [2.05, 4.69) is 26.1 Å². The van der Waals surface area contributed by atoms with Crippen LogP contribution in [0.2, 0.25) is 0 Å². The normalized spacial score (nSPS) is 21.7. The number of aryl methyl sites for hydroxylation is 1. The summed E-state index contributed by atoms with van der Waals surface area (Å²) in [6, 6.07) is 14.5. The Kier molecular flexibility index (Phi) is 6.46. The molecule has 3 aromatic rings. The molecule has 2 saturated heterocycles. The van der Waals surface area contributed by atoms with Crippen LogP contribution in [-0.2, 0) is 16.0 Å². The van der Waals surface area contributed by atoms with Crippen molar-refractivity contribution in [1.82, 2.24) is 24.9 Å². The fraction of sp³-hybridized carbons (Fsp3) is 0.440. The lowest BCUT2D eigenvalue weighted by Crippen LogP contribution is -2.60. The molecule has 0 spiro atoms. The molecular formula is C25H29N5O3. The molecule has 0 radical (unpaired) electrons. The van der Waals surface area contributed by atoms with Crippen LogP contribution < -0.4 is 0 Å². The van der Waals surface area contributed by atoms with Crippen molar-refractivity contribution in [2.24, 2.45) is 0 Å². The number of hydrogen-bond acceptors (Lipinski definition) is 7. The van der Waals surface area contributed by atoms with Gasteiger partial charge in [0.15, 0.2) is 0 Å². The molecule has 2 atom stereocenters. The van der Waals surface area contributed by atoms with Gasteiger partial charge in [0.1, 0.15) is 0 Å². The van der Waals surface area contributed by atoms with Gasteiger partial charge in [0, 0.05) is 63.6 Å². The molecule has 4 heterocycles. The molecule has 0 N–H and O–H groups in total. The van der Waals surface area contributed by atoms with Crippen molar-refractivity contribution in [2.45, 2.75) is 43.9 Å². The zero-order valence-electron chi connectivity index (χ0n) is 18.8. The standard InChI is InChI=1S/C25H29N5O3/c1-32-21-17-30(24(21)19-8-5-13-26-16-19)20-11-14-29(15-12-20)23(31)10-9-22-27-25(28-33-22)18-6-3-2-4-7-18/h2-8,13,16,20-21,24H,9-12,14-15,17H2,1H3. The smallest absolute Gasteiger partial charge is 0.227 e. The van der Waals surface area contributed by atoms with Crippen molar-refractivity contribution in [2.75, 3.05) is 26.7 Å². The molecule has 1 amide bonds. The van der Waals surface area contributed by atoms with Gasteiger partial charge in [-0.2, -0.15) is 4.98 Å². The first kappa shape index (κ1) is 21.7. The maximum Gasteiger partial charge on any atom is 0.227 e. The van der Waals surface area contributed by atoms with Crippen LogP contribution in [0.5, 0.6) is 0 Å². The molecule has 1 aromatic carbocycles. The van der Waals surface area contributed by atoms with Crippen LogP contribution in [0.15, 0.2) is 59.4 Å². The van der Waals surface area contributed by atoms with E-state index in [0.717, 1.165) is 38.0 Å². The Morgan fingerprint density at radius 3 is 2.70 bits per heavy atom. The van der Waals surface area contributed by atoms with E-state index < -0.39 is 0 Å². The minimum Gasteiger partial charge on any atom is -0.378 e. The van der Waals surface area contributed by atoms with Gasteiger partial charge in [0.25, 0.3) is 0 Å². The number of amides is 1. The highest BCUT2D eigenvalue weighted by Gasteiger charge is 2.44. The first-order valence-electron chi connectivity index (χ1n) is 11.6. The van der Waals surface area contributed by atoms with Crippen LogP contribution in [0.3, 0.4) is 0 Å². The molecule has 8 heteroatoms. The number of likely N-dealkylation sites (tertiary alicyclic amines) is 2. The number of carbonyl (C=O) groups is 1. The number of benzene rings is 1. The van der Waals surface area contributed by atoms with Gasteiger partial charge in [-0.15, -0.1) is 0 Å². The number of ether oxygens (including phenoxy) is 1. The lowest BCUT2D eigenvalue weighted by atomic mass is 9.87. The number of aromatic nitrogens is 3. The summed E-state index contributed by atoms with van der Waals surface area (Å²) < 4.78 is 11.0. The summed E-state index contributed by atoms with van der Waals surface area (Å²) in [5, 5.41) is 4.04. The third-order valence-electron chi connectivity index (χ3n) is 6.77. The van der Waals surface area contributed by atoms with E-state index in [1.54, 1.807) is 13.3 Å². The summed E-state index contributed by atoms with van der Waals surface area (Å²) in [5.41, 5.74) is 2.11. The fourth-order valence-corrected chi connectivity index (χ4v) is 4.91. The number of hydrogen-bond donors (Lipinski definition) is 0. The summed E-state index contributed by atoms with van der Waals surface area (Å²) in [6.45, 7) is 2.47. The number of pyridine rings is 1. The second kappa shape index (κ2) is 9.80. The number of nitrogens with zero attached hydrogens (tertiary/aromatic N) is 5. The molecular weight excluding hydrogens is 418 g/mol. The summed E-state index contributed by atoms with van der Waals surface area (Å²) in [5.74, 6) is 1.21. The van der Waals surface area contributed by atoms with Crippen LogP contribution in [-0.4, -0.2) is 69.7 Å². The highest BCUT2D eigenvalue weighted by Crippen LogP contribution is 2.39. The minimum atomic E-state index is 0.148. The summed E-state index contributed by atoms with van der Waals surface area (Å²) in [6.07, 6.45) is 6.72. The Bertz CT molecular complexity index is 1050. The van der Waals surface area contributed by atoms with E-state index in [4.69, 9.17) is 9.26 Å². The first-order valence-corrected chi connectivity index (χ1v) is 11.6. The molecule has 0 saturated carbocycles. The van der Waals surface area contributed by atoms with E-state index in [1.807, 2.05) is 47.5 Å². The predicted molar refractivity (Wildman–Crippen MR) is 122 cm³/mol. The van der Waals surface area contributed by atoms with Crippen molar-refractivity contribution < 1.29 is 14.1 Å². The van der Waals surface area contributed by atoms with Gasteiger partial charge < -0.3 is 14.2 Å². The van der Waals surface area contributed by atoms with E-state index in [1.165, 1.54) is 5.56 Å². The van der Waals surface area contributed by atoms with Gasteiger partial charge in [0.05, 0.1) is 12.1 Å². The Morgan fingerprint density at radius 1 is 1.15 bits per heavy atom. The molecule has 33 heavy (non-hydrogen) atoms. The lowest BCUT2D eigenvalue weighted by Gasteiger charge is -2.53. The van der Waals surface area contributed by atoms with Gasteiger partial charge in [-0.3, -0.25) is 14.7 Å². The highest BCUT2D eigenvalue weighted by atomic mass is 16.5. The monoisotopic (exact) mass is 447 g/mol. The molecule has 0 aliphatic carbocycles. The topological polar surface area (TPSA) is 84.6 Å². The number of carbonyl (C=O) groups excluding carboxylic acids is 1. The second-order valence-electron chi connectivity index (χ2n) is 8.69. The van der Waals surface area contributed by atoms with Crippen LogP contribution in [0.25, 0.3) is 11.4 Å². The zero-order valence-corrected chi connectivity index (χ0v) is 18.8. The molecule has 2 aliphatic rings. The third kappa shape index (κ3) is 4.67. The molecule has 2 aliphatic heterocycles. The number of rotatable bonds is 7. The second-order valence-corrected chi connectivity index (χ2v) is 8.69. The highest BCUT2D eigenvalue weighted by molar-refractivity contribution is 5.76. The van der Waals surface area contributed by atoms with Crippen molar-refractivity contribution >= 4 is 5.91 Å². The zero-order chi connectivity index (χ0) is 22.6. The fourth-order valence-electron chi connectivity index (χ4n) is 4.91. The van der Waals surface area contributed by atoms with Gasteiger partial charge in [0.2, 0.25) is 17.6 Å². The van der Waals surface area contributed by atoms with Crippen molar-refractivity contribution in [3.8, 4) is 11.4 Å². The summed E-state index contributed by atoms with van der Waals surface area (Å²) in [4.78, 5) is 26.0. The first-order chi connectivity index (χ1) is 16.2. The quantitative estimate of drug-likeness (QED) is 0.550. The molecule has 2 unspecified atom stereocenters. The van der Waals surface area contributed by atoms with Crippen LogP contribution in [0.4, 0.5) is 0 Å². The number of piperidine rings is 1. The lowest BCUT2D eigenvalue weighted by molar-refractivity contribution is -0.137. The maximum absolute atomic E-state index is 12.8. The van der Waals surface area contributed by atoms with Crippen molar-refractivity contribution in [1.29, 1.82) is 0 Å².